The van der Waals surface area contributed by atoms with Crippen LogP contribution in [0.2, 0.25) is 0 Å². The van der Waals surface area contributed by atoms with Gasteiger partial charge in [0.1, 0.15) is 18.0 Å². The van der Waals surface area contributed by atoms with E-state index in [0.717, 1.165) is 24.7 Å². The molecule has 2 aromatic carbocycles. The standard InChI is InChI=1S/C18H19FN4O2S/c1-26(24,25)23-15-6-2-4-13(10-15)5-3-9-20-18-16-11-14(19)7-8-17(16)21-12-22-18/h2,4,6-8,10-12,23H,3,5,9H2,1H3,(H,20,21,22). The Bertz CT molecular complexity index is 1020. The second-order valence-corrected chi connectivity index (χ2v) is 7.74. The average molecular weight is 374 g/mol. The summed E-state index contributed by atoms with van der Waals surface area (Å²) in [6.07, 6.45) is 4.15. The van der Waals surface area contributed by atoms with Gasteiger partial charge >= 0.3 is 0 Å². The summed E-state index contributed by atoms with van der Waals surface area (Å²) in [5.74, 6) is 0.271. The summed E-state index contributed by atoms with van der Waals surface area (Å²) in [6.45, 7) is 0.645. The predicted octanol–water partition coefficient (Wildman–Crippen LogP) is 3.19. The van der Waals surface area contributed by atoms with Crippen molar-refractivity contribution in [3.05, 3.63) is 60.2 Å². The Morgan fingerprint density at radius 2 is 1.96 bits per heavy atom. The summed E-state index contributed by atoms with van der Waals surface area (Å²) in [7, 11) is -3.29. The molecule has 3 rings (SSSR count). The smallest absolute Gasteiger partial charge is 0.229 e. The number of aromatic nitrogens is 2. The highest BCUT2D eigenvalue weighted by molar-refractivity contribution is 7.92. The first kappa shape index (κ1) is 18.1. The predicted molar refractivity (Wildman–Crippen MR) is 101 cm³/mol. The van der Waals surface area contributed by atoms with Gasteiger partial charge in [-0.1, -0.05) is 12.1 Å². The molecule has 6 nitrogen and oxygen atoms in total. The number of aryl methyl sites for hydroxylation is 1. The Morgan fingerprint density at radius 1 is 1.12 bits per heavy atom. The number of benzene rings is 2. The SMILES string of the molecule is CS(=O)(=O)Nc1cccc(CCCNc2ncnc3ccc(F)cc23)c1. The van der Waals surface area contributed by atoms with Crippen LogP contribution < -0.4 is 10.0 Å². The molecule has 0 radical (unpaired) electrons. The first-order chi connectivity index (χ1) is 12.4. The summed E-state index contributed by atoms with van der Waals surface area (Å²) >= 11 is 0. The zero-order chi connectivity index (χ0) is 18.6. The molecule has 0 spiro atoms. The molecule has 0 amide bonds. The maximum Gasteiger partial charge on any atom is 0.229 e. The van der Waals surface area contributed by atoms with Crippen LogP contribution in [0.25, 0.3) is 10.9 Å². The Labute approximate surface area is 151 Å². The topological polar surface area (TPSA) is 84.0 Å². The highest BCUT2D eigenvalue weighted by Crippen LogP contribution is 2.20. The van der Waals surface area contributed by atoms with E-state index < -0.39 is 10.0 Å². The number of halogens is 1. The number of hydrogen-bond donors (Lipinski definition) is 2. The van der Waals surface area contributed by atoms with E-state index in [-0.39, 0.29) is 5.82 Å². The van der Waals surface area contributed by atoms with Crippen molar-refractivity contribution >= 4 is 32.4 Å². The van der Waals surface area contributed by atoms with Crippen LogP contribution in [0.5, 0.6) is 0 Å². The second kappa shape index (κ2) is 7.65. The van der Waals surface area contributed by atoms with Crippen LogP contribution in [-0.2, 0) is 16.4 Å². The fourth-order valence-electron chi connectivity index (χ4n) is 2.67. The van der Waals surface area contributed by atoms with Crippen molar-refractivity contribution < 1.29 is 12.8 Å². The zero-order valence-corrected chi connectivity index (χ0v) is 15.1. The van der Waals surface area contributed by atoms with E-state index in [0.29, 0.717) is 29.0 Å². The largest absolute Gasteiger partial charge is 0.369 e. The van der Waals surface area contributed by atoms with Gasteiger partial charge in [-0.25, -0.2) is 22.8 Å². The highest BCUT2D eigenvalue weighted by atomic mass is 32.2. The van der Waals surface area contributed by atoms with Crippen LogP contribution in [0.4, 0.5) is 15.9 Å². The van der Waals surface area contributed by atoms with Crippen LogP contribution in [0.3, 0.4) is 0 Å². The summed E-state index contributed by atoms with van der Waals surface area (Å²) in [5, 5.41) is 3.85. The van der Waals surface area contributed by atoms with Gasteiger partial charge in [-0.3, -0.25) is 4.72 Å². The van der Waals surface area contributed by atoms with Gasteiger partial charge in [-0.05, 0) is 48.7 Å². The van der Waals surface area contributed by atoms with E-state index in [4.69, 9.17) is 0 Å². The van der Waals surface area contributed by atoms with Gasteiger partial charge in [0.25, 0.3) is 0 Å². The lowest BCUT2D eigenvalue weighted by Gasteiger charge is -2.09. The number of fused-ring (bicyclic) bond motifs is 1. The molecular weight excluding hydrogens is 355 g/mol. The van der Waals surface area contributed by atoms with Crippen LogP contribution in [0.15, 0.2) is 48.8 Å². The first-order valence-corrected chi connectivity index (χ1v) is 10.0. The summed E-state index contributed by atoms with van der Waals surface area (Å²) < 4.78 is 38.5. The van der Waals surface area contributed by atoms with Gasteiger partial charge in [0.05, 0.1) is 11.8 Å². The van der Waals surface area contributed by atoms with E-state index in [9.17, 15) is 12.8 Å². The third-order valence-corrected chi connectivity index (χ3v) is 4.37. The zero-order valence-electron chi connectivity index (χ0n) is 14.2. The highest BCUT2D eigenvalue weighted by Gasteiger charge is 2.05. The van der Waals surface area contributed by atoms with Crippen molar-refractivity contribution in [2.24, 2.45) is 0 Å². The van der Waals surface area contributed by atoms with Crippen LogP contribution in [0.1, 0.15) is 12.0 Å². The second-order valence-electron chi connectivity index (χ2n) is 5.99. The van der Waals surface area contributed by atoms with E-state index in [2.05, 4.69) is 20.0 Å². The summed E-state index contributed by atoms with van der Waals surface area (Å²) in [4.78, 5) is 8.31. The molecule has 0 unspecified atom stereocenters. The van der Waals surface area contributed by atoms with E-state index >= 15 is 0 Å². The molecule has 3 aromatic rings. The molecule has 8 heteroatoms. The van der Waals surface area contributed by atoms with Crippen LogP contribution in [-0.4, -0.2) is 31.2 Å². The molecule has 0 aliphatic rings. The van der Waals surface area contributed by atoms with Crippen LogP contribution in [0, 0.1) is 5.82 Å². The third kappa shape index (κ3) is 4.89. The van der Waals surface area contributed by atoms with Crippen molar-refractivity contribution in [1.82, 2.24) is 9.97 Å². The molecular formula is C18H19FN4O2S. The fourth-order valence-corrected chi connectivity index (χ4v) is 3.23. The Kier molecular flexibility index (Phi) is 5.32. The van der Waals surface area contributed by atoms with E-state index in [1.165, 1.54) is 18.5 Å². The fraction of sp³-hybridized carbons (Fsp3) is 0.222. The monoisotopic (exact) mass is 374 g/mol. The molecule has 0 bridgehead atoms. The number of nitrogens with one attached hydrogen (secondary N) is 2. The number of rotatable bonds is 7. The maximum absolute atomic E-state index is 13.4. The lowest BCUT2D eigenvalue weighted by molar-refractivity contribution is 0.607. The van der Waals surface area contributed by atoms with Gasteiger partial charge in [0, 0.05) is 17.6 Å². The van der Waals surface area contributed by atoms with Gasteiger partial charge in [-0.15, -0.1) is 0 Å². The maximum atomic E-state index is 13.4. The van der Waals surface area contributed by atoms with Gasteiger partial charge in [0.15, 0.2) is 0 Å². The Morgan fingerprint density at radius 3 is 2.77 bits per heavy atom. The minimum absolute atomic E-state index is 0.328. The van der Waals surface area contributed by atoms with Crippen molar-refractivity contribution in [3.63, 3.8) is 0 Å². The summed E-state index contributed by atoms with van der Waals surface area (Å²) in [5.41, 5.74) is 2.26. The van der Waals surface area contributed by atoms with Crippen molar-refractivity contribution in [1.29, 1.82) is 0 Å². The quantitative estimate of drug-likeness (QED) is 0.621. The minimum atomic E-state index is -3.29. The molecule has 26 heavy (non-hydrogen) atoms. The molecule has 1 heterocycles. The average Bonchev–Trinajstić information content (AvgIpc) is 2.58. The molecule has 0 atom stereocenters. The molecule has 2 N–H and O–H groups in total. The minimum Gasteiger partial charge on any atom is -0.369 e. The number of anilines is 2. The summed E-state index contributed by atoms with van der Waals surface area (Å²) in [6, 6.07) is 11.7. The third-order valence-electron chi connectivity index (χ3n) is 3.76. The van der Waals surface area contributed by atoms with E-state index in [1.807, 2.05) is 18.2 Å². The number of sulfonamides is 1. The molecule has 0 aliphatic carbocycles. The van der Waals surface area contributed by atoms with Crippen LogP contribution >= 0.6 is 0 Å². The molecule has 0 aliphatic heterocycles. The first-order valence-electron chi connectivity index (χ1n) is 8.11. The van der Waals surface area contributed by atoms with E-state index in [1.54, 1.807) is 12.1 Å². The molecule has 0 saturated carbocycles. The Hall–Kier alpha value is -2.74. The lowest BCUT2D eigenvalue weighted by Crippen LogP contribution is -2.10. The van der Waals surface area contributed by atoms with Crippen molar-refractivity contribution in [3.8, 4) is 0 Å². The molecule has 136 valence electrons. The van der Waals surface area contributed by atoms with Gasteiger partial charge in [0.2, 0.25) is 10.0 Å². The number of nitrogens with zero attached hydrogens (tertiary/aromatic N) is 2. The molecule has 0 fully saturated rings. The normalized spacial score (nSPS) is 11.5. The van der Waals surface area contributed by atoms with Crippen molar-refractivity contribution in [2.75, 3.05) is 22.8 Å². The number of hydrogen-bond acceptors (Lipinski definition) is 5. The van der Waals surface area contributed by atoms with Gasteiger partial charge < -0.3 is 5.32 Å². The van der Waals surface area contributed by atoms with Gasteiger partial charge in [-0.2, -0.15) is 0 Å². The lowest BCUT2D eigenvalue weighted by atomic mass is 10.1. The van der Waals surface area contributed by atoms with Crippen molar-refractivity contribution in [2.45, 2.75) is 12.8 Å². The Balaban J connectivity index is 1.60. The molecule has 0 saturated heterocycles. The molecule has 1 aromatic heterocycles.